The fraction of sp³-hybridized carbons (Fsp3) is 0.368. The third kappa shape index (κ3) is 5.89. The number of benzene rings is 1. The number of carbonyl (C=O) groups is 1. The van der Waals surface area contributed by atoms with Crippen LogP contribution < -0.4 is 15.4 Å². The number of nitrogens with one attached hydrogen (secondary N) is 1. The van der Waals surface area contributed by atoms with Crippen LogP contribution >= 0.6 is 0 Å². The molecule has 0 aliphatic carbocycles. The monoisotopic (exact) mass is 419 g/mol. The molecule has 156 valence electrons. The maximum atomic E-state index is 12.3. The molecule has 1 aliphatic heterocycles. The summed E-state index contributed by atoms with van der Waals surface area (Å²) in [5.74, 6) is 0.372. The Morgan fingerprint density at radius 1 is 1.10 bits per heavy atom. The third-order valence-corrected chi connectivity index (χ3v) is 6.06. The normalized spacial score (nSPS) is 14.8. The highest BCUT2D eigenvalue weighted by molar-refractivity contribution is 7.89. The van der Waals surface area contributed by atoms with Gasteiger partial charge in [0.15, 0.2) is 0 Å². The number of anilines is 2. The van der Waals surface area contributed by atoms with Gasteiger partial charge in [-0.15, -0.1) is 0 Å². The summed E-state index contributed by atoms with van der Waals surface area (Å²) >= 11 is 0. The number of pyridine rings is 1. The van der Waals surface area contributed by atoms with Crippen molar-refractivity contribution in [2.24, 2.45) is 0 Å². The number of amides is 1. The number of piperazine rings is 1. The van der Waals surface area contributed by atoms with Crippen LogP contribution in [0.25, 0.3) is 0 Å². The first-order chi connectivity index (χ1) is 14.0. The number of carbonyl (C=O) groups excluding carboxylic acids is 1. The second-order valence-electron chi connectivity index (χ2n) is 6.57. The van der Waals surface area contributed by atoms with E-state index in [2.05, 4.69) is 14.6 Å². The maximum absolute atomic E-state index is 12.3. The number of hydrogen-bond donors (Lipinski definition) is 2. The summed E-state index contributed by atoms with van der Waals surface area (Å²) in [6.45, 7) is 2.73. The molecule has 1 amide bonds. The van der Waals surface area contributed by atoms with Crippen LogP contribution in [0.1, 0.15) is 0 Å². The quantitative estimate of drug-likeness (QED) is 0.591. The minimum atomic E-state index is -3.56. The number of rotatable bonds is 8. The molecule has 3 rings (SSSR count). The number of nitrogens with two attached hydrogens (primary N) is 1. The Morgan fingerprint density at radius 2 is 1.83 bits per heavy atom. The topological polar surface area (TPSA) is 118 Å². The van der Waals surface area contributed by atoms with Gasteiger partial charge in [0.1, 0.15) is 12.4 Å². The van der Waals surface area contributed by atoms with Crippen molar-refractivity contribution < 1.29 is 17.9 Å². The largest absolute Gasteiger partial charge is 0.384 e. The molecule has 1 aliphatic rings. The van der Waals surface area contributed by atoms with Crippen LogP contribution in [0.4, 0.5) is 11.5 Å². The third-order valence-electron chi connectivity index (χ3n) is 4.59. The van der Waals surface area contributed by atoms with E-state index in [0.717, 1.165) is 5.69 Å². The molecule has 2 heterocycles. The van der Waals surface area contributed by atoms with E-state index in [-0.39, 0.29) is 30.6 Å². The van der Waals surface area contributed by atoms with Gasteiger partial charge >= 0.3 is 0 Å². The lowest BCUT2D eigenvalue weighted by Gasteiger charge is -2.35. The van der Waals surface area contributed by atoms with E-state index in [1.165, 1.54) is 12.1 Å². The van der Waals surface area contributed by atoms with E-state index in [9.17, 15) is 13.2 Å². The Labute approximate surface area is 170 Å². The van der Waals surface area contributed by atoms with Gasteiger partial charge in [-0.3, -0.25) is 4.79 Å². The SMILES string of the molecule is Nc1ccc(N2CCN(C(=O)COCCNS(=O)(=O)c3ccccc3)CC2)cn1. The van der Waals surface area contributed by atoms with Gasteiger partial charge in [-0.25, -0.2) is 18.1 Å². The Morgan fingerprint density at radius 3 is 2.48 bits per heavy atom. The summed E-state index contributed by atoms with van der Waals surface area (Å²) in [7, 11) is -3.56. The van der Waals surface area contributed by atoms with Crippen molar-refractivity contribution >= 4 is 27.4 Å². The first kappa shape index (κ1) is 21.0. The lowest BCUT2D eigenvalue weighted by atomic mass is 10.2. The van der Waals surface area contributed by atoms with Crippen LogP contribution in [0.15, 0.2) is 53.6 Å². The fourth-order valence-electron chi connectivity index (χ4n) is 2.98. The highest BCUT2D eigenvalue weighted by Crippen LogP contribution is 2.16. The van der Waals surface area contributed by atoms with E-state index in [4.69, 9.17) is 10.5 Å². The van der Waals surface area contributed by atoms with Crippen molar-refractivity contribution in [3.63, 3.8) is 0 Å². The van der Waals surface area contributed by atoms with Crippen molar-refractivity contribution in [2.75, 3.05) is 56.6 Å². The first-order valence-electron chi connectivity index (χ1n) is 9.32. The van der Waals surface area contributed by atoms with Crippen LogP contribution in [0.2, 0.25) is 0 Å². The van der Waals surface area contributed by atoms with Crippen LogP contribution in [0.3, 0.4) is 0 Å². The Kier molecular flexibility index (Phi) is 7.02. The molecular formula is C19H25N5O4S. The number of aromatic nitrogens is 1. The lowest BCUT2D eigenvalue weighted by molar-refractivity contribution is -0.136. The molecule has 0 radical (unpaired) electrons. The molecule has 1 saturated heterocycles. The Hall–Kier alpha value is -2.69. The predicted octanol–water partition coefficient (Wildman–Crippen LogP) is 0.308. The highest BCUT2D eigenvalue weighted by Gasteiger charge is 2.21. The van der Waals surface area contributed by atoms with Crippen molar-refractivity contribution in [3.8, 4) is 0 Å². The van der Waals surface area contributed by atoms with E-state index in [1.807, 2.05) is 6.07 Å². The molecule has 9 nitrogen and oxygen atoms in total. The smallest absolute Gasteiger partial charge is 0.248 e. The molecule has 3 N–H and O–H groups in total. The van der Waals surface area contributed by atoms with Crippen molar-refractivity contribution in [1.82, 2.24) is 14.6 Å². The molecule has 2 aromatic rings. The summed E-state index contributed by atoms with van der Waals surface area (Å²) in [5, 5.41) is 0. The minimum Gasteiger partial charge on any atom is -0.384 e. The molecule has 29 heavy (non-hydrogen) atoms. The molecule has 0 saturated carbocycles. The minimum absolute atomic E-state index is 0.0729. The predicted molar refractivity (Wildman–Crippen MR) is 110 cm³/mol. The summed E-state index contributed by atoms with van der Waals surface area (Å²) in [6, 6.07) is 11.8. The number of nitrogens with zero attached hydrogens (tertiary/aromatic N) is 3. The number of nitrogen functional groups attached to an aromatic ring is 1. The molecule has 0 spiro atoms. The second-order valence-corrected chi connectivity index (χ2v) is 8.34. The van der Waals surface area contributed by atoms with Gasteiger partial charge in [0, 0.05) is 32.7 Å². The zero-order valence-corrected chi connectivity index (χ0v) is 16.8. The van der Waals surface area contributed by atoms with Gasteiger partial charge in [-0.1, -0.05) is 18.2 Å². The molecule has 0 bridgehead atoms. The van der Waals surface area contributed by atoms with E-state index >= 15 is 0 Å². The molecule has 0 atom stereocenters. The van der Waals surface area contributed by atoms with Crippen LogP contribution in [0.5, 0.6) is 0 Å². The number of ether oxygens (including phenoxy) is 1. The molecule has 0 unspecified atom stereocenters. The standard InChI is InChI=1S/C19H25N5O4S/c20-18-7-6-16(14-21-18)23-9-11-24(12-10-23)19(25)15-28-13-8-22-29(26,27)17-4-2-1-3-5-17/h1-7,14,22H,8-13,15H2,(H2,20,21). The summed E-state index contributed by atoms with van der Waals surface area (Å²) in [6.07, 6.45) is 1.73. The van der Waals surface area contributed by atoms with Crippen LogP contribution in [0, 0.1) is 0 Å². The number of hydrogen-bond acceptors (Lipinski definition) is 7. The summed E-state index contributed by atoms with van der Waals surface area (Å²) < 4.78 is 32.0. The van der Waals surface area contributed by atoms with Gasteiger partial charge in [-0.2, -0.15) is 0 Å². The first-order valence-corrected chi connectivity index (χ1v) is 10.8. The van der Waals surface area contributed by atoms with Crippen molar-refractivity contribution in [2.45, 2.75) is 4.90 Å². The average Bonchev–Trinajstić information content (AvgIpc) is 2.74. The summed E-state index contributed by atoms with van der Waals surface area (Å²) in [5.41, 5.74) is 6.58. The van der Waals surface area contributed by atoms with Gasteiger partial charge in [0.2, 0.25) is 15.9 Å². The van der Waals surface area contributed by atoms with Gasteiger partial charge < -0.3 is 20.3 Å². The molecular weight excluding hydrogens is 394 g/mol. The van der Waals surface area contributed by atoms with Crippen LogP contribution in [-0.2, 0) is 19.6 Å². The maximum Gasteiger partial charge on any atom is 0.248 e. The zero-order valence-electron chi connectivity index (χ0n) is 16.0. The Bertz CT molecular complexity index is 898. The molecule has 1 fully saturated rings. The van der Waals surface area contributed by atoms with Crippen molar-refractivity contribution in [1.29, 1.82) is 0 Å². The second kappa shape index (κ2) is 9.68. The van der Waals surface area contributed by atoms with Gasteiger partial charge in [-0.05, 0) is 24.3 Å². The summed E-state index contributed by atoms with van der Waals surface area (Å²) in [4.78, 5) is 20.5. The number of sulfonamides is 1. The highest BCUT2D eigenvalue weighted by atomic mass is 32.2. The molecule has 1 aromatic carbocycles. The van der Waals surface area contributed by atoms with Gasteiger partial charge in [0.25, 0.3) is 0 Å². The van der Waals surface area contributed by atoms with E-state index < -0.39 is 10.0 Å². The zero-order chi connectivity index (χ0) is 20.7. The van der Waals surface area contributed by atoms with Gasteiger partial charge in [0.05, 0.1) is 23.4 Å². The lowest BCUT2D eigenvalue weighted by Crippen LogP contribution is -2.49. The van der Waals surface area contributed by atoms with E-state index in [0.29, 0.717) is 32.0 Å². The Balaban J connectivity index is 1.35. The fourth-order valence-corrected chi connectivity index (χ4v) is 4.01. The molecule has 10 heteroatoms. The van der Waals surface area contributed by atoms with Crippen LogP contribution in [-0.4, -0.2) is 70.1 Å². The van der Waals surface area contributed by atoms with Crippen molar-refractivity contribution in [3.05, 3.63) is 48.7 Å². The van der Waals surface area contributed by atoms with E-state index in [1.54, 1.807) is 35.4 Å². The molecule has 1 aromatic heterocycles. The average molecular weight is 420 g/mol.